The summed E-state index contributed by atoms with van der Waals surface area (Å²) < 4.78 is 0. The Hall–Kier alpha value is 0.400. The summed E-state index contributed by atoms with van der Waals surface area (Å²) in [5.41, 5.74) is 0. The van der Waals surface area contributed by atoms with Gasteiger partial charge in [-0.05, 0) is 59.4 Å². The van der Waals surface area contributed by atoms with E-state index in [2.05, 4.69) is 46.9 Å². The van der Waals surface area contributed by atoms with Crippen molar-refractivity contribution >= 4 is 15.9 Å². The van der Waals surface area contributed by atoms with E-state index in [-0.39, 0.29) is 0 Å². The Labute approximate surface area is 96.8 Å². The zero-order chi connectivity index (χ0) is 10.6. The Morgan fingerprint density at radius 2 is 1.79 bits per heavy atom. The fraction of sp³-hybridized carbons (Fsp3) is 1.00. The van der Waals surface area contributed by atoms with Crippen molar-refractivity contribution in [2.45, 2.75) is 24.1 Å². The quantitative estimate of drug-likeness (QED) is 0.677. The van der Waals surface area contributed by atoms with Crippen LogP contribution in [0.3, 0.4) is 0 Å². The molecule has 14 heavy (non-hydrogen) atoms. The molecule has 1 rings (SSSR count). The van der Waals surface area contributed by atoms with Crippen LogP contribution < -0.4 is 0 Å². The zero-order valence-corrected chi connectivity index (χ0v) is 11.3. The normalized spacial score (nSPS) is 27.0. The second-order valence-corrected chi connectivity index (χ2v) is 6.15. The van der Waals surface area contributed by atoms with Crippen LogP contribution in [0, 0.1) is 5.92 Å². The molecule has 3 heteroatoms. The number of halogens is 1. The first-order valence-electron chi connectivity index (χ1n) is 5.55. The minimum absolute atomic E-state index is 0.808. The van der Waals surface area contributed by atoms with Crippen LogP contribution in [0.25, 0.3) is 0 Å². The predicted octanol–water partition coefficient (Wildman–Crippen LogP) is 2.04. The lowest BCUT2D eigenvalue weighted by atomic mass is 9.85. The van der Waals surface area contributed by atoms with E-state index in [4.69, 9.17) is 0 Å². The number of hydrogen-bond donors (Lipinski definition) is 0. The molecule has 0 saturated heterocycles. The fourth-order valence-electron chi connectivity index (χ4n) is 1.99. The number of alkyl halides is 1. The van der Waals surface area contributed by atoms with Gasteiger partial charge in [-0.1, -0.05) is 15.9 Å². The van der Waals surface area contributed by atoms with Gasteiger partial charge in [-0.2, -0.15) is 0 Å². The Bertz CT molecular complexity index is 155. The molecular weight excluding hydrogens is 240 g/mol. The highest BCUT2D eigenvalue weighted by atomic mass is 79.9. The summed E-state index contributed by atoms with van der Waals surface area (Å²) in [5.74, 6) is 0.948. The predicted molar refractivity (Wildman–Crippen MR) is 66.1 cm³/mol. The second-order valence-electron chi connectivity index (χ2n) is 4.85. The summed E-state index contributed by atoms with van der Waals surface area (Å²) in [7, 11) is 6.53. The van der Waals surface area contributed by atoms with Gasteiger partial charge in [0.2, 0.25) is 0 Å². The number of hydrogen-bond acceptors (Lipinski definition) is 2. The van der Waals surface area contributed by atoms with E-state index in [0.717, 1.165) is 10.7 Å². The van der Waals surface area contributed by atoms with Crippen LogP contribution in [0.1, 0.15) is 19.3 Å². The molecule has 0 bridgehead atoms. The summed E-state index contributed by atoms with van der Waals surface area (Å²) in [6, 6.07) is 0. The maximum absolute atomic E-state index is 3.64. The van der Waals surface area contributed by atoms with Crippen LogP contribution in [0.15, 0.2) is 0 Å². The lowest BCUT2D eigenvalue weighted by Crippen LogP contribution is -2.35. The molecule has 1 aliphatic carbocycles. The van der Waals surface area contributed by atoms with E-state index in [1.54, 1.807) is 0 Å². The molecule has 0 unspecified atom stereocenters. The largest absolute Gasteiger partial charge is 0.309 e. The summed E-state index contributed by atoms with van der Waals surface area (Å²) in [6.45, 7) is 3.73. The van der Waals surface area contributed by atoms with Crippen LogP contribution in [-0.2, 0) is 0 Å². The summed E-state index contributed by atoms with van der Waals surface area (Å²) in [5, 5.41) is 0. The van der Waals surface area contributed by atoms with Gasteiger partial charge in [-0.15, -0.1) is 0 Å². The number of rotatable bonds is 6. The van der Waals surface area contributed by atoms with Gasteiger partial charge in [0.1, 0.15) is 0 Å². The third kappa shape index (κ3) is 4.76. The van der Waals surface area contributed by atoms with Gasteiger partial charge in [-0.25, -0.2) is 0 Å². The summed E-state index contributed by atoms with van der Waals surface area (Å²) in [4.78, 5) is 5.54. The molecule has 0 aromatic heterocycles. The maximum atomic E-state index is 3.64. The molecule has 1 aliphatic rings. The van der Waals surface area contributed by atoms with Crippen molar-refractivity contribution in [3.63, 3.8) is 0 Å². The molecular formula is C11H23BrN2. The van der Waals surface area contributed by atoms with Crippen LogP contribution in [0.4, 0.5) is 0 Å². The van der Waals surface area contributed by atoms with Crippen molar-refractivity contribution in [2.24, 2.45) is 5.92 Å². The summed E-state index contributed by atoms with van der Waals surface area (Å²) in [6.07, 6.45) is 4.03. The van der Waals surface area contributed by atoms with Crippen molar-refractivity contribution in [3.05, 3.63) is 0 Å². The highest BCUT2D eigenvalue weighted by Crippen LogP contribution is 2.33. The van der Waals surface area contributed by atoms with Crippen LogP contribution in [0.2, 0.25) is 0 Å². The molecule has 84 valence electrons. The van der Waals surface area contributed by atoms with Gasteiger partial charge >= 0.3 is 0 Å². The average molecular weight is 263 g/mol. The number of nitrogens with zero attached hydrogens (tertiary/aromatic N) is 2. The standard InChI is InChI=1S/C11H23BrN2/c1-13(2)5-4-6-14(3)9-10-7-11(12)8-10/h10-11H,4-9H2,1-3H3. The lowest BCUT2D eigenvalue weighted by Gasteiger charge is -2.34. The van der Waals surface area contributed by atoms with Crippen LogP contribution in [0.5, 0.6) is 0 Å². The highest BCUT2D eigenvalue weighted by molar-refractivity contribution is 9.09. The van der Waals surface area contributed by atoms with Gasteiger partial charge in [0, 0.05) is 11.4 Å². The van der Waals surface area contributed by atoms with Crippen molar-refractivity contribution < 1.29 is 0 Å². The van der Waals surface area contributed by atoms with Gasteiger partial charge in [0.05, 0.1) is 0 Å². The van der Waals surface area contributed by atoms with E-state index < -0.39 is 0 Å². The minimum atomic E-state index is 0.808. The van der Waals surface area contributed by atoms with Crippen molar-refractivity contribution in [1.82, 2.24) is 9.80 Å². The third-order valence-electron chi connectivity index (χ3n) is 2.89. The molecule has 0 aromatic rings. The van der Waals surface area contributed by atoms with E-state index in [1.807, 2.05) is 0 Å². The molecule has 1 saturated carbocycles. The van der Waals surface area contributed by atoms with Crippen LogP contribution in [-0.4, -0.2) is 55.4 Å². The average Bonchev–Trinajstić information content (AvgIpc) is 2.00. The monoisotopic (exact) mass is 262 g/mol. The molecule has 0 amide bonds. The first-order valence-corrected chi connectivity index (χ1v) is 6.47. The molecule has 0 aliphatic heterocycles. The van der Waals surface area contributed by atoms with Gasteiger partial charge in [-0.3, -0.25) is 0 Å². The van der Waals surface area contributed by atoms with Gasteiger partial charge in [0.15, 0.2) is 0 Å². The van der Waals surface area contributed by atoms with E-state index in [9.17, 15) is 0 Å². The zero-order valence-electron chi connectivity index (χ0n) is 9.67. The SMILES string of the molecule is CN(C)CCCN(C)CC1CC(Br)C1. The molecule has 0 spiro atoms. The van der Waals surface area contributed by atoms with Gasteiger partial charge in [0.25, 0.3) is 0 Å². The van der Waals surface area contributed by atoms with E-state index in [1.165, 1.54) is 38.9 Å². The van der Waals surface area contributed by atoms with Crippen molar-refractivity contribution in [3.8, 4) is 0 Å². The summed E-state index contributed by atoms with van der Waals surface area (Å²) >= 11 is 3.64. The Balaban J connectivity index is 1.96. The van der Waals surface area contributed by atoms with E-state index in [0.29, 0.717) is 0 Å². The first kappa shape index (κ1) is 12.5. The molecule has 0 heterocycles. The third-order valence-corrected chi connectivity index (χ3v) is 3.64. The lowest BCUT2D eigenvalue weighted by molar-refractivity contribution is 0.206. The minimum Gasteiger partial charge on any atom is -0.309 e. The molecule has 0 atom stereocenters. The molecule has 0 N–H and O–H groups in total. The van der Waals surface area contributed by atoms with E-state index >= 15 is 0 Å². The first-order chi connectivity index (χ1) is 6.58. The molecule has 0 aromatic carbocycles. The van der Waals surface area contributed by atoms with Gasteiger partial charge < -0.3 is 9.80 Å². The van der Waals surface area contributed by atoms with Crippen LogP contribution >= 0.6 is 15.9 Å². The molecule has 1 fully saturated rings. The smallest absolute Gasteiger partial charge is 0.0152 e. The molecule has 0 radical (unpaired) electrons. The highest BCUT2D eigenvalue weighted by Gasteiger charge is 2.27. The van der Waals surface area contributed by atoms with Crippen molar-refractivity contribution in [1.29, 1.82) is 0 Å². The Kier molecular flexibility index (Phi) is 5.42. The fourth-order valence-corrected chi connectivity index (χ4v) is 3.05. The topological polar surface area (TPSA) is 6.48 Å². The Morgan fingerprint density at radius 1 is 1.14 bits per heavy atom. The van der Waals surface area contributed by atoms with Crippen molar-refractivity contribution in [2.75, 3.05) is 40.8 Å². The Morgan fingerprint density at radius 3 is 2.29 bits per heavy atom. The maximum Gasteiger partial charge on any atom is 0.0152 e. The second kappa shape index (κ2) is 6.09. The molecule has 2 nitrogen and oxygen atoms in total.